The van der Waals surface area contributed by atoms with Crippen molar-refractivity contribution in [1.82, 2.24) is 25.5 Å². The number of aromatic amines is 1. The van der Waals surface area contributed by atoms with E-state index >= 15 is 0 Å². The van der Waals surface area contributed by atoms with E-state index in [0.717, 1.165) is 41.8 Å². The zero-order valence-corrected chi connectivity index (χ0v) is 19.6. The molecule has 5 rings (SSSR count). The largest absolute Gasteiger partial charge is 0.463 e. The van der Waals surface area contributed by atoms with Crippen molar-refractivity contribution < 1.29 is 14.3 Å². The maximum absolute atomic E-state index is 13.1. The average Bonchev–Trinajstić information content (AvgIpc) is 3.46. The predicted octanol–water partition coefficient (Wildman–Crippen LogP) is 4.22. The molecule has 2 unspecified atom stereocenters. The second kappa shape index (κ2) is 9.48. The lowest BCUT2D eigenvalue weighted by Gasteiger charge is -2.32. The number of imidazole rings is 1. The number of nitrogens with zero attached hydrogens (tertiary/aromatic N) is 2. The van der Waals surface area contributed by atoms with Crippen LogP contribution in [0.4, 0.5) is 4.79 Å². The molecule has 9 heteroatoms. The molecular weight excluding hydrogens is 454 g/mol. The van der Waals surface area contributed by atoms with Crippen molar-refractivity contribution in [2.45, 2.75) is 31.8 Å². The number of esters is 1. The highest BCUT2D eigenvalue weighted by Gasteiger charge is 2.36. The van der Waals surface area contributed by atoms with E-state index in [1.807, 2.05) is 36.4 Å². The van der Waals surface area contributed by atoms with Crippen molar-refractivity contribution >= 4 is 34.6 Å². The Labute approximate surface area is 202 Å². The number of amides is 2. The number of aromatic nitrogens is 2. The van der Waals surface area contributed by atoms with E-state index in [2.05, 4.69) is 20.5 Å². The first-order chi connectivity index (χ1) is 16.5. The van der Waals surface area contributed by atoms with Crippen LogP contribution in [0.25, 0.3) is 11.0 Å². The number of H-pyrrole nitrogens is 1. The van der Waals surface area contributed by atoms with Crippen LogP contribution in [-0.4, -0.2) is 46.6 Å². The quantitative estimate of drug-likeness (QED) is 0.459. The van der Waals surface area contributed by atoms with Gasteiger partial charge in [0.25, 0.3) is 0 Å². The average molecular weight is 480 g/mol. The highest BCUT2D eigenvalue weighted by atomic mass is 35.5. The number of halogens is 1. The van der Waals surface area contributed by atoms with Crippen LogP contribution in [0.2, 0.25) is 5.02 Å². The Morgan fingerprint density at radius 2 is 2.00 bits per heavy atom. The number of ether oxygens (including phenoxy) is 1. The number of urea groups is 1. The molecule has 3 heterocycles. The minimum Gasteiger partial charge on any atom is -0.463 e. The number of benzene rings is 2. The third-order valence-electron chi connectivity index (χ3n) is 6.30. The summed E-state index contributed by atoms with van der Waals surface area (Å²) >= 11 is 6.05. The highest BCUT2D eigenvalue weighted by Crippen LogP contribution is 2.34. The summed E-state index contributed by atoms with van der Waals surface area (Å²) in [5, 5.41) is 6.32. The number of rotatable bonds is 6. The van der Waals surface area contributed by atoms with Gasteiger partial charge in [0.1, 0.15) is 5.82 Å². The van der Waals surface area contributed by atoms with Gasteiger partial charge < -0.3 is 20.4 Å². The number of nitrogens with one attached hydrogen (secondary N) is 3. The summed E-state index contributed by atoms with van der Waals surface area (Å²) in [5.41, 5.74) is 3.63. The van der Waals surface area contributed by atoms with E-state index in [9.17, 15) is 9.59 Å². The summed E-state index contributed by atoms with van der Waals surface area (Å²) in [6, 6.07) is 14.1. The lowest BCUT2D eigenvalue weighted by Crippen LogP contribution is -2.48. The smallest absolute Gasteiger partial charge is 0.338 e. The number of hydrogen-bond acceptors (Lipinski definition) is 5. The molecule has 34 heavy (non-hydrogen) atoms. The van der Waals surface area contributed by atoms with E-state index in [4.69, 9.17) is 21.3 Å². The third-order valence-corrected chi connectivity index (χ3v) is 6.55. The van der Waals surface area contributed by atoms with Gasteiger partial charge in [-0.3, -0.25) is 4.90 Å². The number of carbonyl (C=O) groups is 2. The van der Waals surface area contributed by atoms with Gasteiger partial charge in [0.15, 0.2) is 0 Å². The number of para-hydroxylation sites is 2. The summed E-state index contributed by atoms with van der Waals surface area (Å²) in [4.78, 5) is 36.2. The van der Waals surface area contributed by atoms with Crippen molar-refractivity contribution in [3.63, 3.8) is 0 Å². The van der Waals surface area contributed by atoms with E-state index in [0.29, 0.717) is 22.8 Å². The van der Waals surface area contributed by atoms with Gasteiger partial charge in [-0.2, -0.15) is 0 Å². The van der Waals surface area contributed by atoms with Crippen LogP contribution >= 0.6 is 11.6 Å². The van der Waals surface area contributed by atoms with E-state index < -0.39 is 12.0 Å². The Morgan fingerprint density at radius 1 is 1.21 bits per heavy atom. The van der Waals surface area contributed by atoms with Crippen molar-refractivity contribution in [1.29, 1.82) is 0 Å². The molecule has 3 N–H and O–H groups in total. The first kappa shape index (κ1) is 22.4. The molecule has 0 bridgehead atoms. The summed E-state index contributed by atoms with van der Waals surface area (Å²) in [7, 11) is 0. The Hall–Kier alpha value is -3.36. The second-order valence-corrected chi connectivity index (χ2v) is 8.90. The normalized spacial score (nSPS) is 20.9. The molecule has 2 aliphatic rings. The molecule has 2 atom stereocenters. The minimum absolute atomic E-state index is 0.0594. The summed E-state index contributed by atoms with van der Waals surface area (Å²) < 4.78 is 5.39. The fourth-order valence-corrected chi connectivity index (χ4v) is 4.88. The van der Waals surface area contributed by atoms with Crippen LogP contribution in [0.3, 0.4) is 0 Å². The van der Waals surface area contributed by atoms with Gasteiger partial charge in [-0.15, -0.1) is 0 Å². The molecule has 1 saturated heterocycles. The van der Waals surface area contributed by atoms with Crippen molar-refractivity contribution in [2.75, 3.05) is 19.7 Å². The molecule has 2 amide bonds. The van der Waals surface area contributed by atoms with Crippen LogP contribution in [0.15, 0.2) is 59.8 Å². The van der Waals surface area contributed by atoms with E-state index in [-0.39, 0.29) is 18.7 Å². The molecule has 3 aromatic rings. The highest BCUT2D eigenvalue weighted by molar-refractivity contribution is 6.30. The number of hydrogen-bond donors (Lipinski definition) is 3. The number of likely N-dealkylation sites (tertiary alicyclic amines) is 1. The molecule has 2 aromatic carbocycles. The molecule has 1 fully saturated rings. The monoisotopic (exact) mass is 479 g/mol. The van der Waals surface area contributed by atoms with Crippen LogP contribution in [0.5, 0.6) is 0 Å². The topological polar surface area (TPSA) is 99.3 Å². The fourth-order valence-electron chi connectivity index (χ4n) is 4.76. The lowest BCUT2D eigenvalue weighted by molar-refractivity contribution is -0.139. The van der Waals surface area contributed by atoms with Crippen LogP contribution in [-0.2, 0) is 9.53 Å². The summed E-state index contributed by atoms with van der Waals surface area (Å²) in [6.45, 7) is 3.23. The third kappa shape index (κ3) is 4.38. The standard InChI is InChI=1S/C25H26ClN5O3/c1-2-34-24(32)21-19(29-25(33)30-22(21)15-9-11-16(26)12-10-15)14-31-13-5-8-20(31)23-27-17-6-3-4-7-18(17)28-23/h3-4,6-7,9-12,20,22H,2,5,8,13-14H2,1H3,(H,27,28)(H2,29,30,33). The van der Waals surface area contributed by atoms with E-state index in [1.54, 1.807) is 19.1 Å². The predicted molar refractivity (Wildman–Crippen MR) is 129 cm³/mol. The van der Waals surface area contributed by atoms with Gasteiger partial charge >= 0.3 is 12.0 Å². The summed E-state index contributed by atoms with van der Waals surface area (Å²) in [6.07, 6.45) is 1.94. The number of carbonyl (C=O) groups excluding carboxylic acids is 2. The van der Waals surface area contributed by atoms with Gasteiger partial charge in [0.05, 0.1) is 35.3 Å². The van der Waals surface area contributed by atoms with Gasteiger partial charge in [0.2, 0.25) is 0 Å². The summed E-state index contributed by atoms with van der Waals surface area (Å²) in [5.74, 6) is 0.441. The Kier molecular flexibility index (Phi) is 6.26. The molecule has 0 saturated carbocycles. The van der Waals surface area contributed by atoms with Gasteiger partial charge in [0, 0.05) is 17.3 Å². The van der Waals surface area contributed by atoms with Crippen LogP contribution in [0.1, 0.15) is 43.2 Å². The zero-order valence-electron chi connectivity index (χ0n) is 18.8. The molecular formula is C25H26ClN5O3. The molecule has 1 aromatic heterocycles. The molecule has 0 aliphatic carbocycles. The maximum atomic E-state index is 13.1. The van der Waals surface area contributed by atoms with Crippen LogP contribution in [0, 0.1) is 0 Å². The molecule has 176 valence electrons. The Bertz CT molecular complexity index is 1220. The van der Waals surface area contributed by atoms with Gasteiger partial charge in [-0.05, 0) is 56.1 Å². The zero-order chi connectivity index (χ0) is 23.7. The Balaban J connectivity index is 1.50. The van der Waals surface area contributed by atoms with Crippen molar-refractivity contribution in [3.8, 4) is 0 Å². The van der Waals surface area contributed by atoms with Gasteiger partial charge in [-0.25, -0.2) is 14.6 Å². The SMILES string of the molecule is CCOC(=O)C1=C(CN2CCCC2c2nc3ccccc3[nH]2)NC(=O)NC1c1ccc(Cl)cc1. The molecule has 0 spiro atoms. The second-order valence-electron chi connectivity index (χ2n) is 8.46. The van der Waals surface area contributed by atoms with Crippen molar-refractivity contribution in [3.05, 3.63) is 76.2 Å². The first-order valence-electron chi connectivity index (χ1n) is 11.5. The molecule has 0 radical (unpaired) electrons. The lowest BCUT2D eigenvalue weighted by atomic mass is 9.95. The van der Waals surface area contributed by atoms with E-state index in [1.165, 1.54) is 0 Å². The first-order valence-corrected chi connectivity index (χ1v) is 11.8. The minimum atomic E-state index is -0.632. The van der Waals surface area contributed by atoms with Gasteiger partial charge in [-0.1, -0.05) is 35.9 Å². The maximum Gasteiger partial charge on any atom is 0.338 e. The van der Waals surface area contributed by atoms with Crippen LogP contribution < -0.4 is 10.6 Å². The number of fused-ring (bicyclic) bond motifs is 1. The fraction of sp³-hybridized carbons (Fsp3) is 0.320. The Morgan fingerprint density at radius 3 is 2.76 bits per heavy atom. The molecule has 8 nitrogen and oxygen atoms in total. The van der Waals surface area contributed by atoms with Crippen molar-refractivity contribution in [2.24, 2.45) is 0 Å². The molecule has 2 aliphatic heterocycles.